The van der Waals surface area contributed by atoms with Gasteiger partial charge in [0, 0.05) is 5.71 Å². The topological polar surface area (TPSA) is 12.4 Å². The minimum atomic E-state index is 0.680. The molecule has 1 aromatic rings. The highest BCUT2D eigenvalue weighted by Gasteiger charge is 2.15. The first kappa shape index (κ1) is 10.4. The van der Waals surface area contributed by atoms with Crippen molar-refractivity contribution in [3.63, 3.8) is 0 Å². The van der Waals surface area contributed by atoms with E-state index in [4.69, 9.17) is 4.99 Å². The van der Waals surface area contributed by atoms with Crippen LogP contribution in [0.1, 0.15) is 38.2 Å². The average molecular weight is 201 g/mol. The fraction of sp³-hybridized carbons (Fsp3) is 0.500. The van der Waals surface area contributed by atoms with Crippen molar-refractivity contribution in [2.45, 2.75) is 39.5 Å². The van der Waals surface area contributed by atoms with Gasteiger partial charge < -0.3 is 0 Å². The zero-order valence-corrected chi connectivity index (χ0v) is 9.66. The molecule has 0 heterocycles. The summed E-state index contributed by atoms with van der Waals surface area (Å²) >= 11 is 0. The Morgan fingerprint density at radius 1 is 1.27 bits per heavy atom. The highest BCUT2D eigenvalue weighted by Crippen LogP contribution is 2.24. The van der Waals surface area contributed by atoms with Gasteiger partial charge in [0.05, 0.1) is 5.69 Å². The van der Waals surface area contributed by atoms with Gasteiger partial charge in [0.2, 0.25) is 0 Å². The Balaban J connectivity index is 2.21. The maximum absolute atomic E-state index is 4.78. The molecule has 1 atom stereocenters. The second-order valence-electron chi connectivity index (χ2n) is 4.59. The lowest BCUT2D eigenvalue weighted by molar-refractivity contribution is 0.560. The molecule has 15 heavy (non-hydrogen) atoms. The molecule has 0 aliphatic heterocycles. The molecule has 1 saturated carbocycles. The zero-order chi connectivity index (χ0) is 10.7. The molecule has 1 aliphatic carbocycles. The van der Waals surface area contributed by atoms with Crippen LogP contribution in [0.25, 0.3) is 0 Å². The Hall–Kier alpha value is -1.11. The van der Waals surface area contributed by atoms with E-state index in [1.54, 1.807) is 0 Å². The van der Waals surface area contributed by atoms with Crippen molar-refractivity contribution in [3.8, 4) is 0 Å². The number of hydrogen-bond donors (Lipinski definition) is 0. The van der Waals surface area contributed by atoms with Gasteiger partial charge in [0.1, 0.15) is 0 Å². The number of hydrogen-bond acceptors (Lipinski definition) is 1. The van der Waals surface area contributed by atoms with Crippen LogP contribution in [0.15, 0.2) is 29.3 Å². The molecule has 0 N–H and O–H groups in total. The van der Waals surface area contributed by atoms with E-state index in [2.05, 4.69) is 38.1 Å². The summed E-state index contributed by atoms with van der Waals surface area (Å²) in [5.74, 6) is 0.680. The van der Waals surface area contributed by atoms with Crippen molar-refractivity contribution < 1.29 is 0 Å². The van der Waals surface area contributed by atoms with Crippen molar-refractivity contribution in [2.75, 3.05) is 0 Å². The predicted molar refractivity (Wildman–Crippen MR) is 65.9 cm³/mol. The quantitative estimate of drug-likeness (QED) is 0.643. The van der Waals surface area contributed by atoms with Crippen molar-refractivity contribution in [3.05, 3.63) is 29.8 Å². The number of nitrogens with zero attached hydrogens (tertiary/aromatic N) is 1. The lowest BCUT2D eigenvalue weighted by atomic mass is 9.88. The molecule has 1 fully saturated rings. The molecule has 1 aliphatic rings. The largest absolute Gasteiger partial charge is 0.258 e. The maximum Gasteiger partial charge on any atom is 0.0631 e. The van der Waals surface area contributed by atoms with Crippen LogP contribution >= 0.6 is 0 Å². The monoisotopic (exact) mass is 201 g/mol. The van der Waals surface area contributed by atoms with Gasteiger partial charge in [-0.25, -0.2) is 0 Å². The molecule has 0 aromatic heterocycles. The van der Waals surface area contributed by atoms with Gasteiger partial charge in [-0.05, 0) is 49.8 Å². The molecule has 0 saturated heterocycles. The summed E-state index contributed by atoms with van der Waals surface area (Å²) in [6.45, 7) is 4.42. The second kappa shape index (κ2) is 4.61. The minimum Gasteiger partial charge on any atom is -0.258 e. The number of benzene rings is 1. The Morgan fingerprint density at radius 3 is 2.87 bits per heavy atom. The van der Waals surface area contributed by atoms with Crippen molar-refractivity contribution in [1.82, 2.24) is 0 Å². The molecule has 1 heteroatoms. The van der Waals surface area contributed by atoms with Gasteiger partial charge in [-0.2, -0.15) is 0 Å². The number of aliphatic imine (C=N–C) groups is 1. The zero-order valence-electron chi connectivity index (χ0n) is 9.66. The molecular formula is C14H19N. The average Bonchev–Trinajstić information content (AvgIpc) is 2.22. The second-order valence-corrected chi connectivity index (χ2v) is 4.59. The first-order valence-electron chi connectivity index (χ1n) is 5.90. The van der Waals surface area contributed by atoms with Crippen LogP contribution in [0.5, 0.6) is 0 Å². The SMILES string of the molecule is Cc1cccc(N=C2CCCCC2C)c1. The van der Waals surface area contributed by atoms with E-state index in [9.17, 15) is 0 Å². The summed E-state index contributed by atoms with van der Waals surface area (Å²) in [5, 5.41) is 0. The fourth-order valence-corrected chi connectivity index (χ4v) is 2.20. The molecule has 2 rings (SSSR count). The number of rotatable bonds is 1. The fourth-order valence-electron chi connectivity index (χ4n) is 2.20. The van der Waals surface area contributed by atoms with Crippen molar-refractivity contribution in [1.29, 1.82) is 0 Å². The van der Waals surface area contributed by atoms with E-state index in [1.807, 2.05) is 0 Å². The first-order valence-corrected chi connectivity index (χ1v) is 5.90. The van der Waals surface area contributed by atoms with E-state index >= 15 is 0 Å². The summed E-state index contributed by atoms with van der Waals surface area (Å²) in [5.41, 5.74) is 3.81. The third-order valence-electron chi connectivity index (χ3n) is 3.16. The Kier molecular flexibility index (Phi) is 3.20. The van der Waals surface area contributed by atoms with Crippen LogP contribution in [0.2, 0.25) is 0 Å². The van der Waals surface area contributed by atoms with E-state index in [0.29, 0.717) is 5.92 Å². The van der Waals surface area contributed by atoms with Gasteiger partial charge in [-0.1, -0.05) is 25.5 Å². The first-order chi connectivity index (χ1) is 7.25. The third kappa shape index (κ3) is 2.68. The molecule has 0 spiro atoms. The highest BCUT2D eigenvalue weighted by molar-refractivity contribution is 5.89. The lowest BCUT2D eigenvalue weighted by Gasteiger charge is -2.20. The van der Waals surface area contributed by atoms with Crippen LogP contribution in [-0.2, 0) is 0 Å². The Bertz CT molecular complexity index is 365. The maximum atomic E-state index is 4.78. The standard InChI is InChI=1S/C14H19N/c1-11-6-5-8-13(10-11)15-14-9-4-3-7-12(14)2/h5-6,8,10,12H,3-4,7,9H2,1-2H3. The molecule has 1 nitrogen and oxygen atoms in total. The lowest BCUT2D eigenvalue weighted by Crippen LogP contribution is -2.15. The summed E-state index contributed by atoms with van der Waals surface area (Å²) < 4.78 is 0. The van der Waals surface area contributed by atoms with Crippen LogP contribution in [0, 0.1) is 12.8 Å². The van der Waals surface area contributed by atoms with Gasteiger partial charge >= 0.3 is 0 Å². The number of aryl methyl sites for hydroxylation is 1. The molecular weight excluding hydrogens is 182 g/mol. The summed E-state index contributed by atoms with van der Waals surface area (Å²) in [4.78, 5) is 4.78. The van der Waals surface area contributed by atoms with Crippen molar-refractivity contribution in [2.24, 2.45) is 10.9 Å². The molecule has 0 amide bonds. The van der Waals surface area contributed by atoms with E-state index < -0.39 is 0 Å². The Morgan fingerprint density at radius 2 is 2.13 bits per heavy atom. The predicted octanol–water partition coefficient (Wildman–Crippen LogP) is 4.28. The van der Waals surface area contributed by atoms with E-state index in [1.165, 1.54) is 37.0 Å². The molecule has 1 unspecified atom stereocenters. The van der Waals surface area contributed by atoms with E-state index in [0.717, 1.165) is 5.69 Å². The normalized spacial score (nSPS) is 24.4. The molecule has 0 bridgehead atoms. The van der Waals surface area contributed by atoms with Crippen LogP contribution in [0.3, 0.4) is 0 Å². The Labute approximate surface area is 92.2 Å². The van der Waals surface area contributed by atoms with Crippen LogP contribution < -0.4 is 0 Å². The van der Waals surface area contributed by atoms with Gasteiger partial charge in [0.25, 0.3) is 0 Å². The molecule has 0 radical (unpaired) electrons. The minimum absolute atomic E-state index is 0.680. The summed E-state index contributed by atoms with van der Waals surface area (Å²) in [6.07, 6.45) is 5.18. The molecule has 1 aromatic carbocycles. The summed E-state index contributed by atoms with van der Waals surface area (Å²) in [6, 6.07) is 8.46. The third-order valence-corrected chi connectivity index (χ3v) is 3.16. The van der Waals surface area contributed by atoms with E-state index in [-0.39, 0.29) is 0 Å². The smallest absolute Gasteiger partial charge is 0.0631 e. The van der Waals surface area contributed by atoms with Crippen LogP contribution in [-0.4, -0.2) is 5.71 Å². The summed E-state index contributed by atoms with van der Waals surface area (Å²) in [7, 11) is 0. The van der Waals surface area contributed by atoms with Gasteiger partial charge in [-0.15, -0.1) is 0 Å². The van der Waals surface area contributed by atoms with Gasteiger partial charge in [-0.3, -0.25) is 4.99 Å². The molecule has 80 valence electrons. The van der Waals surface area contributed by atoms with Gasteiger partial charge in [0.15, 0.2) is 0 Å². The van der Waals surface area contributed by atoms with Crippen LogP contribution in [0.4, 0.5) is 5.69 Å². The van der Waals surface area contributed by atoms with Crippen molar-refractivity contribution >= 4 is 11.4 Å². The highest BCUT2D eigenvalue weighted by atomic mass is 14.8.